The van der Waals surface area contributed by atoms with Crippen molar-refractivity contribution in [3.63, 3.8) is 0 Å². The molecule has 5 saturated carbocycles. The van der Waals surface area contributed by atoms with Crippen LogP contribution in [0.4, 0.5) is 0 Å². The standard InChI is InChI=1S/C23H30O4S.C22H30O6/c1-13(24)28-19-12-14-11-15(25)5-8-22(14,2)18-4-3-17-16(21(18)19)6-9-23(17)10-7-20(26)27-23;1-11-6-16-20(26,18(11)25)9-14(10-23)7-15-17-19(4,5)21(17,28-13(3)24)8-12(2)22(15,16)27/h11,16-19,21H,3-10,12H2,1-2H3;6-7,12,15-17,23,26-27H,8-10H2,1-5H3/t16-,17+,18+,19-,21+,22+,23-;12-,15+,16-,17-,20-,21+,22-/m11/s1. The molecule has 0 aromatic rings. The molecule has 6 fully saturated rings. The van der Waals surface area contributed by atoms with Crippen molar-refractivity contribution in [2.24, 2.45) is 58.2 Å². The minimum absolute atomic E-state index is 0.0000834. The highest BCUT2D eigenvalue weighted by Gasteiger charge is 2.83. The predicted octanol–water partition coefficient (Wildman–Crippen LogP) is 5.99. The summed E-state index contributed by atoms with van der Waals surface area (Å²) in [6.45, 7) is 12.8. The number of aliphatic hydroxyl groups excluding tert-OH is 1. The molecule has 1 aliphatic heterocycles. The Bertz CT molecular complexity index is 1860. The number of carbonyl (C=O) groups excluding carboxylic acids is 5. The van der Waals surface area contributed by atoms with Gasteiger partial charge in [0.05, 0.1) is 12.2 Å². The SMILES string of the molecule is CC(=O)O[C@@]12C[C@@H](C)[C@@]3(O)[C@@H](C=C(CO)C[C@]4(O)C(=O)C(C)=C[C@@H]34)[C@@H]1C2(C)C.CC(=O)S[C@@H]1CC2=CC(=O)CC[C@]2(C)[C@H]2CC[C@H]3[C@@H](CC[C@@]34CCC(=O)O4)[C@H]12. The number of allylic oxidation sites excluding steroid dienone is 1. The highest BCUT2D eigenvalue weighted by Crippen LogP contribution is 2.76. The van der Waals surface area contributed by atoms with Crippen LogP contribution in [0, 0.1) is 58.2 Å². The van der Waals surface area contributed by atoms with Gasteiger partial charge < -0.3 is 24.8 Å². The average Bonchev–Trinajstić information content (AvgIpc) is 3.46. The van der Waals surface area contributed by atoms with Gasteiger partial charge in [0, 0.05) is 67.4 Å². The summed E-state index contributed by atoms with van der Waals surface area (Å²) in [6, 6.07) is 0. The number of rotatable bonds is 3. The first-order valence-electron chi connectivity index (χ1n) is 21.0. The van der Waals surface area contributed by atoms with Gasteiger partial charge in [-0.3, -0.25) is 24.0 Å². The molecule has 8 aliphatic carbocycles. The van der Waals surface area contributed by atoms with Crippen LogP contribution in [0.1, 0.15) is 119 Å². The molecule has 0 radical (unpaired) electrons. The fourth-order valence-corrected chi connectivity index (χ4v) is 15.8. The Morgan fingerprint density at radius 1 is 0.982 bits per heavy atom. The summed E-state index contributed by atoms with van der Waals surface area (Å²) in [5.41, 5.74) is -2.02. The number of hydrogen-bond acceptors (Lipinski definition) is 11. The third-order valence-electron chi connectivity index (χ3n) is 17.1. The van der Waals surface area contributed by atoms with Crippen LogP contribution in [0.15, 0.2) is 34.9 Å². The fourth-order valence-electron chi connectivity index (χ4n) is 14.6. The molecular weight excluding hydrogens is 733 g/mol. The van der Waals surface area contributed by atoms with Crippen LogP contribution in [-0.4, -0.2) is 78.2 Å². The molecule has 14 atom stereocenters. The summed E-state index contributed by atoms with van der Waals surface area (Å²) in [7, 11) is 0. The molecule has 9 aliphatic rings. The van der Waals surface area contributed by atoms with E-state index in [1.54, 1.807) is 19.9 Å². The number of Topliss-reactive ketones (excluding diaryl/α,β-unsaturated/α-hetero) is 1. The average molecular weight is 793 g/mol. The molecular formula is C45H60O10S. The Morgan fingerprint density at radius 3 is 2.34 bits per heavy atom. The normalized spacial score (nSPS) is 47.9. The zero-order valence-electron chi connectivity index (χ0n) is 34.0. The van der Waals surface area contributed by atoms with E-state index in [1.165, 1.54) is 24.3 Å². The highest BCUT2D eigenvalue weighted by atomic mass is 32.2. The molecule has 1 heterocycles. The number of ketones is 2. The van der Waals surface area contributed by atoms with Crippen LogP contribution in [0.2, 0.25) is 0 Å². The molecule has 0 aromatic heterocycles. The minimum atomic E-state index is -1.75. The molecule has 56 heavy (non-hydrogen) atoms. The maximum absolute atomic E-state index is 12.8. The summed E-state index contributed by atoms with van der Waals surface area (Å²) in [5, 5.41) is 33.8. The Hall–Kier alpha value is -2.60. The van der Waals surface area contributed by atoms with Crippen molar-refractivity contribution in [1.82, 2.24) is 0 Å². The van der Waals surface area contributed by atoms with Gasteiger partial charge in [-0.05, 0) is 105 Å². The van der Waals surface area contributed by atoms with Gasteiger partial charge in [-0.25, -0.2) is 0 Å². The van der Waals surface area contributed by atoms with Gasteiger partial charge >= 0.3 is 11.9 Å². The van der Waals surface area contributed by atoms with E-state index < -0.39 is 28.6 Å². The quantitative estimate of drug-likeness (QED) is 0.227. The van der Waals surface area contributed by atoms with Crippen LogP contribution in [0.25, 0.3) is 0 Å². The molecule has 3 N–H and O–H groups in total. The molecule has 1 saturated heterocycles. The molecule has 306 valence electrons. The Morgan fingerprint density at radius 2 is 1.70 bits per heavy atom. The lowest BCUT2D eigenvalue weighted by Gasteiger charge is -2.58. The first-order valence-corrected chi connectivity index (χ1v) is 21.9. The largest absolute Gasteiger partial charge is 0.459 e. The van der Waals surface area contributed by atoms with E-state index in [0.29, 0.717) is 54.1 Å². The van der Waals surface area contributed by atoms with E-state index in [4.69, 9.17) is 9.47 Å². The maximum Gasteiger partial charge on any atom is 0.306 e. The van der Waals surface area contributed by atoms with Gasteiger partial charge in [0.1, 0.15) is 16.8 Å². The van der Waals surface area contributed by atoms with Gasteiger partial charge in [0.2, 0.25) is 0 Å². The van der Waals surface area contributed by atoms with Crippen LogP contribution >= 0.6 is 11.8 Å². The van der Waals surface area contributed by atoms with Crippen LogP contribution in [0.3, 0.4) is 0 Å². The van der Waals surface area contributed by atoms with E-state index in [9.17, 15) is 39.3 Å². The Balaban J connectivity index is 0.000000157. The third kappa shape index (κ3) is 5.55. The zero-order valence-corrected chi connectivity index (χ0v) is 34.8. The first kappa shape index (κ1) is 40.2. The van der Waals surface area contributed by atoms with Crippen molar-refractivity contribution in [3.8, 4) is 0 Å². The third-order valence-corrected chi connectivity index (χ3v) is 18.2. The van der Waals surface area contributed by atoms with Crippen molar-refractivity contribution in [1.29, 1.82) is 0 Å². The number of aliphatic hydroxyl groups is 3. The number of thioether (sulfide) groups is 1. The molecule has 0 aromatic carbocycles. The smallest absolute Gasteiger partial charge is 0.306 e. The molecule has 10 nitrogen and oxygen atoms in total. The number of hydrogen-bond donors (Lipinski definition) is 3. The molecule has 9 rings (SSSR count). The van der Waals surface area contributed by atoms with Crippen LogP contribution < -0.4 is 0 Å². The van der Waals surface area contributed by atoms with Gasteiger partial charge in [0.25, 0.3) is 0 Å². The van der Waals surface area contributed by atoms with Crippen molar-refractivity contribution < 1.29 is 48.8 Å². The summed E-state index contributed by atoms with van der Waals surface area (Å²) < 4.78 is 11.8. The monoisotopic (exact) mass is 792 g/mol. The maximum atomic E-state index is 12.8. The van der Waals surface area contributed by atoms with Gasteiger partial charge in [-0.2, -0.15) is 0 Å². The van der Waals surface area contributed by atoms with Gasteiger partial charge in [-0.1, -0.05) is 57.2 Å². The minimum Gasteiger partial charge on any atom is -0.459 e. The second kappa shape index (κ2) is 13.2. The van der Waals surface area contributed by atoms with Crippen molar-refractivity contribution in [3.05, 3.63) is 34.9 Å². The second-order valence-corrected chi connectivity index (χ2v) is 21.4. The van der Waals surface area contributed by atoms with Crippen molar-refractivity contribution >= 4 is 40.4 Å². The second-order valence-electron chi connectivity index (χ2n) is 20.0. The predicted molar refractivity (Wildman–Crippen MR) is 209 cm³/mol. The number of carbonyl (C=O) groups is 5. The fraction of sp³-hybridized carbons (Fsp3) is 0.756. The Kier molecular flexibility index (Phi) is 9.48. The molecule has 0 bridgehead atoms. The van der Waals surface area contributed by atoms with Crippen molar-refractivity contribution in [2.45, 2.75) is 147 Å². The molecule has 0 unspecified atom stereocenters. The Labute approximate surface area is 334 Å². The number of fused-ring (bicyclic) bond motifs is 11. The molecule has 11 heteroatoms. The number of ether oxygens (including phenoxy) is 2. The zero-order chi connectivity index (χ0) is 40.5. The first-order chi connectivity index (χ1) is 26.2. The highest BCUT2D eigenvalue weighted by molar-refractivity contribution is 8.14. The lowest BCUT2D eigenvalue weighted by molar-refractivity contribution is -0.186. The lowest BCUT2D eigenvalue weighted by Crippen LogP contribution is -2.61. The van der Waals surface area contributed by atoms with E-state index in [-0.39, 0.29) is 75.2 Å². The topological polar surface area (TPSA) is 164 Å². The van der Waals surface area contributed by atoms with E-state index in [1.807, 2.05) is 32.9 Å². The van der Waals surface area contributed by atoms with Gasteiger partial charge in [0.15, 0.2) is 16.7 Å². The summed E-state index contributed by atoms with van der Waals surface area (Å²) in [6.07, 6.45) is 14.2. The number of esters is 2. The van der Waals surface area contributed by atoms with Crippen LogP contribution in [-0.2, 0) is 33.4 Å². The van der Waals surface area contributed by atoms with Gasteiger partial charge in [-0.15, -0.1) is 0 Å². The summed E-state index contributed by atoms with van der Waals surface area (Å²) in [4.78, 5) is 60.8. The molecule has 1 spiro atoms. The summed E-state index contributed by atoms with van der Waals surface area (Å²) >= 11 is 1.50. The lowest BCUT2D eigenvalue weighted by atomic mass is 9.49. The van der Waals surface area contributed by atoms with Crippen molar-refractivity contribution in [2.75, 3.05) is 6.61 Å². The van der Waals surface area contributed by atoms with E-state index >= 15 is 0 Å². The van der Waals surface area contributed by atoms with E-state index in [2.05, 4.69) is 6.92 Å². The van der Waals surface area contributed by atoms with E-state index in [0.717, 1.165) is 44.9 Å². The summed E-state index contributed by atoms with van der Waals surface area (Å²) in [5.74, 6) is -0.176. The van der Waals surface area contributed by atoms with Crippen LogP contribution in [0.5, 0.6) is 0 Å². The molecule has 0 amide bonds.